The molecular formula is C23H20ClN3O3S3. The number of sulfonamides is 1. The molecule has 1 saturated heterocycles. The normalized spacial score (nSPS) is 15.7. The van der Waals surface area contributed by atoms with Gasteiger partial charge < -0.3 is 5.32 Å². The minimum Gasteiger partial charge on any atom is -0.302 e. The summed E-state index contributed by atoms with van der Waals surface area (Å²) in [7, 11) is -3.57. The van der Waals surface area contributed by atoms with Crippen molar-refractivity contribution in [3.05, 3.63) is 64.3 Å². The second-order valence-corrected chi connectivity index (χ2v) is 12.5. The molecule has 170 valence electrons. The maximum Gasteiger partial charge on any atom is 0.252 e. The first kappa shape index (κ1) is 22.5. The molecule has 1 fully saturated rings. The fourth-order valence-electron chi connectivity index (χ4n) is 4.03. The van der Waals surface area contributed by atoms with E-state index in [1.54, 1.807) is 6.07 Å². The van der Waals surface area contributed by atoms with Gasteiger partial charge in [0, 0.05) is 30.0 Å². The summed E-state index contributed by atoms with van der Waals surface area (Å²) in [6, 6.07) is 17.3. The Balaban J connectivity index is 1.24. The van der Waals surface area contributed by atoms with Crippen LogP contribution in [-0.4, -0.2) is 36.7 Å². The fraction of sp³-hybridized carbons (Fsp3) is 0.217. The van der Waals surface area contributed by atoms with Gasteiger partial charge in [0.2, 0.25) is 5.91 Å². The molecule has 33 heavy (non-hydrogen) atoms. The number of rotatable bonds is 5. The number of piperidine rings is 1. The van der Waals surface area contributed by atoms with Crippen LogP contribution in [0.4, 0.5) is 5.13 Å². The van der Waals surface area contributed by atoms with Gasteiger partial charge in [0.15, 0.2) is 5.13 Å². The van der Waals surface area contributed by atoms with E-state index in [0.29, 0.717) is 35.4 Å². The number of hydrogen-bond acceptors (Lipinski definition) is 6. The maximum absolute atomic E-state index is 12.8. The molecule has 1 amide bonds. The molecule has 4 aromatic rings. The Morgan fingerprint density at radius 1 is 1.06 bits per heavy atom. The maximum atomic E-state index is 12.8. The number of nitrogens with zero attached hydrogens (tertiary/aromatic N) is 2. The number of amides is 1. The Bertz CT molecular complexity index is 1420. The number of aromatic nitrogens is 1. The summed E-state index contributed by atoms with van der Waals surface area (Å²) >= 11 is 8.33. The Morgan fingerprint density at radius 3 is 2.58 bits per heavy atom. The van der Waals surface area contributed by atoms with Crippen molar-refractivity contribution in [2.24, 2.45) is 5.92 Å². The Kier molecular flexibility index (Phi) is 6.24. The van der Waals surface area contributed by atoms with Crippen LogP contribution in [0, 0.1) is 5.92 Å². The van der Waals surface area contributed by atoms with E-state index < -0.39 is 10.0 Å². The molecule has 0 aliphatic carbocycles. The number of thiazole rings is 1. The van der Waals surface area contributed by atoms with Crippen LogP contribution < -0.4 is 5.32 Å². The zero-order valence-corrected chi connectivity index (χ0v) is 20.6. The third kappa shape index (κ3) is 4.56. The van der Waals surface area contributed by atoms with Crippen molar-refractivity contribution in [2.45, 2.75) is 17.1 Å². The number of carbonyl (C=O) groups is 1. The minimum atomic E-state index is -3.57. The Hall–Kier alpha value is -2.30. The lowest BCUT2D eigenvalue weighted by Gasteiger charge is -2.29. The van der Waals surface area contributed by atoms with Crippen molar-refractivity contribution in [3.8, 4) is 11.3 Å². The van der Waals surface area contributed by atoms with E-state index in [-0.39, 0.29) is 16.0 Å². The summed E-state index contributed by atoms with van der Waals surface area (Å²) in [5.74, 6) is -0.377. The molecule has 1 aliphatic heterocycles. The number of nitrogens with one attached hydrogen (secondary N) is 1. The highest BCUT2D eigenvalue weighted by Crippen LogP contribution is 2.33. The van der Waals surface area contributed by atoms with Crippen LogP contribution in [-0.2, 0) is 14.8 Å². The number of hydrogen-bond donors (Lipinski definition) is 1. The zero-order valence-electron chi connectivity index (χ0n) is 17.4. The van der Waals surface area contributed by atoms with Gasteiger partial charge in [0.25, 0.3) is 10.0 Å². The number of thiophene rings is 1. The molecule has 2 aromatic heterocycles. The average molecular weight is 518 g/mol. The molecule has 0 bridgehead atoms. The second-order valence-electron chi connectivity index (χ2n) is 7.79. The molecule has 5 rings (SSSR count). The first-order chi connectivity index (χ1) is 15.9. The number of anilines is 1. The molecule has 0 unspecified atom stereocenters. The first-order valence-corrected chi connectivity index (χ1v) is 13.9. The number of carbonyl (C=O) groups excluding carboxylic acids is 1. The van der Waals surface area contributed by atoms with Crippen LogP contribution in [0.15, 0.2) is 64.2 Å². The Morgan fingerprint density at radius 2 is 1.82 bits per heavy atom. The predicted molar refractivity (Wildman–Crippen MR) is 134 cm³/mol. The molecule has 1 N–H and O–H groups in total. The van der Waals surface area contributed by atoms with Crippen LogP contribution in [0.3, 0.4) is 0 Å². The van der Waals surface area contributed by atoms with Crippen LogP contribution >= 0.6 is 34.3 Å². The molecule has 3 heterocycles. The third-order valence-electron chi connectivity index (χ3n) is 5.77. The van der Waals surface area contributed by atoms with Crippen molar-refractivity contribution in [2.75, 3.05) is 18.4 Å². The van der Waals surface area contributed by atoms with E-state index in [0.717, 1.165) is 33.4 Å². The fourth-order valence-corrected chi connectivity index (χ4v) is 7.85. The van der Waals surface area contributed by atoms with E-state index in [4.69, 9.17) is 11.6 Å². The summed E-state index contributed by atoms with van der Waals surface area (Å²) in [5, 5.41) is 7.67. The summed E-state index contributed by atoms with van der Waals surface area (Å²) in [6.45, 7) is 0.601. The van der Waals surface area contributed by atoms with Crippen molar-refractivity contribution in [3.63, 3.8) is 0 Å². The topological polar surface area (TPSA) is 79.4 Å². The molecule has 0 radical (unpaired) electrons. The summed E-state index contributed by atoms with van der Waals surface area (Å²) < 4.78 is 27.6. The number of fused-ring (bicyclic) bond motifs is 1. The molecule has 0 spiro atoms. The lowest BCUT2D eigenvalue weighted by Crippen LogP contribution is -2.41. The van der Waals surface area contributed by atoms with Crippen LogP contribution in [0.25, 0.3) is 22.0 Å². The zero-order chi connectivity index (χ0) is 23.0. The largest absolute Gasteiger partial charge is 0.302 e. The number of halogens is 1. The van der Waals surface area contributed by atoms with E-state index in [2.05, 4.69) is 28.5 Å². The predicted octanol–water partition coefficient (Wildman–Crippen LogP) is 5.72. The highest BCUT2D eigenvalue weighted by Gasteiger charge is 2.33. The molecular weight excluding hydrogens is 498 g/mol. The summed E-state index contributed by atoms with van der Waals surface area (Å²) in [5.41, 5.74) is 1.85. The molecule has 10 heteroatoms. The molecule has 6 nitrogen and oxygen atoms in total. The van der Waals surface area contributed by atoms with Gasteiger partial charge >= 0.3 is 0 Å². The van der Waals surface area contributed by atoms with Gasteiger partial charge in [0.1, 0.15) is 4.21 Å². The van der Waals surface area contributed by atoms with E-state index in [1.807, 2.05) is 29.6 Å². The van der Waals surface area contributed by atoms with Crippen LogP contribution in [0.1, 0.15) is 12.8 Å². The minimum absolute atomic E-state index is 0.120. The van der Waals surface area contributed by atoms with Crippen molar-refractivity contribution >= 4 is 66.1 Å². The SMILES string of the molecule is O=C(Nc1nc(-c2cccc3ccccc23)cs1)C1CCN(S(=O)(=O)c2ccc(Cl)s2)CC1. The molecule has 2 aromatic carbocycles. The highest BCUT2D eigenvalue weighted by molar-refractivity contribution is 7.91. The van der Waals surface area contributed by atoms with Gasteiger partial charge in [-0.2, -0.15) is 4.31 Å². The van der Waals surface area contributed by atoms with Gasteiger partial charge in [-0.15, -0.1) is 22.7 Å². The van der Waals surface area contributed by atoms with Crippen LogP contribution in [0.5, 0.6) is 0 Å². The van der Waals surface area contributed by atoms with Gasteiger partial charge in [0.05, 0.1) is 10.0 Å². The molecule has 1 aliphatic rings. The second kappa shape index (κ2) is 9.15. The lowest BCUT2D eigenvalue weighted by molar-refractivity contribution is -0.120. The van der Waals surface area contributed by atoms with Gasteiger partial charge in [-0.05, 0) is 35.7 Å². The third-order valence-corrected chi connectivity index (χ3v) is 10.1. The molecule has 0 atom stereocenters. The first-order valence-electron chi connectivity index (χ1n) is 10.4. The monoisotopic (exact) mass is 517 g/mol. The molecule has 0 saturated carbocycles. The lowest BCUT2D eigenvalue weighted by atomic mass is 9.97. The standard InChI is InChI=1S/C23H20ClN3O3S3/c24-20-8-9-21(32-20)33(29,30)27-12-10-16(11-13-27)22(28)26-23-25-19(14-31-23)18-7-3-5-15-4-1-2-6-17(15)18/h1-9,14,16H,10-13H2,(H,25,26,28). The average Bonchev–Trinajstić information content (AvgIpc) is 3.48. The van der Waals surface area contributed by atoms with E-state index in [1.165, 1.54) is 21.7 Å². The summed E-state index contributed by atoms with van der Waals surface area (Å²) in [6.07, 6.45) is 0.928. The quantitative estimate of drug-likeness (QED) is 0.367. The van der Waals surface area contributed by atoms with Crippen molar-refractivity contribution in [1.82, 2.24) is 9.29 Å². The smallest absolute Gasteiger partial charge is 0.252 e. The van der Waals surface area contributed by atoms with Gasteiger partial charge in [-0.3, -0.25) is 4.79 Å². The highest BCUT2D eigenvalue weighted by atomic mass is 35.5. The van der Waals surface area contributed by atoms with Crippen LogP contribution in [0.2, 0.25) is 4.34 Å². The number of benzene rings is 2. The summed E-state index contributed by atoms with van der Waals surface area (Å²) in [4.78, 5) is 17.5. The van der Waals surface area contributed by atoms with Crippen molar-refractivity contribution < 1.29 is 13.2 Å². The Labute approximate surface area is 204 Å². The van der Waals surface area contributed by atoms with Crippen molar-refractivity contribution in [1.29, 1.82) is 0 Å². The van der Waals surface area contributed by atoms with Gasteiger partial charge in [-0.25, -0.2) is 13.4 Å². The van der Waals surface area contributed by atoms with Gasteiger partial charge in [-0.1, -0.05) is 54.1 Å². The van der Waals surface area contributed by atoms with E-state index in [9.17, 15) is 13.2 Å². The van der Waals surface area contributed by atoms with E-state index >= 15 is 0 Å².